The lowest BCUT2D eigenvalue weighted by Crippen LogP contribution is -2.12. The fraction of sp³-hybridized carbons (Fsp3) is 0. The Kier molecular flexibility index (Phi) is 9.89. The summed E-state index contributed by atoms with van der Waals surface area (Å²) in [6.07, 6.45) is 0. The molecule has 1 heterocycles. The highest BCUT2D eigenvalue weighted by Crippen LogP contribution is 2.48. The van der Waals surface area contributed by atoms with E-state index >= 15 is 0 Å². The van der Waals surface area contributed by atoms with Crippen LogP contribution in [-0.2, 0) is 0 Å². The van der Waals surface area contributed by atoms with Crippen molar-refractivity contribution in [1.82, 2.24) is 4.57 Å². The van der Waals surface area contributed by atoms with Gasteiger partial charge in [0.25, 0.3) is 0 Å². The Hall–Kier alpha value is -9.50. The number of para-hydroxylation sites is 3. The van der Waals surface area contributed by atoms with E-state index in [1.54, 1.807) is 0 Å². The Bertz CT molecular complexity index is 4400. The molecule has 1 aromatic heterocycles. The molecule has 0 radical (unpaired) electrons. The molecule has 0 aliphatic rings. The maximum atomic E-state index is 2.48. The third kappa shape index (κ3) is 6.80. The van der Waals surface area contributed by atoms with Gasteiger partial charge in [0.05, 0.1) is 22.4 Å². The first-order valence-corrected chi connectivity index (χ1v) is 24.8. The molecule has 336 valence electrons. The van der Waals surface area contributed by atoms with Gasteiger partial charge < -0.3 is 9.47 Å². The quantitative estimate of drug-likeness (QED) is 0.138. The van der Waals surface area contributed by atoms with E-state index < -0.39 is 0 Å². The smallest absolute Gasteiger partial charge is 0.0547 e. The van der Waals surface area contributed by atoms with Crippen LogP contribution in [0.2, 0.25) is 0 Å². The van der Waals surface area contributed by atoms with Crippen molar-refractivity contribution in [3.05, 3.63) is 279 Å². The van der Waals surface area contributed by atoms with Crippen molar-refractivity contribution in [1.29, 1.82) is 0 Å². The fourth-order valence-electron chi connectivity index (χ4n) is 11.5. The van der Waals surface area contributed by atoms with Gasteiger partial charge in [0, 0.05) is 33.3 Å². The standard InChI is InChI=1S/C70H46N2/c1-2-20-48(21-3-1)64-46-53(41-42-60(64)61-33-12-16-38-67(61)72-68-39-17-14-35-63(68)70-57-30-9-5-23-49(57)40-43-69(70)72)71(52-27-18-26-50(44-52)55-36-19-25-47-22-4-7-28-54(47)55)66-37-15-13-34-62(66)65-45-51-24-6-8-29-56(51)58-31-10-11-32-59(58)65/h1-46H. The second-order valence-electron chi connectivity index (χ2n) is 18.8. The van der Waals surface area contributed by atoms with E-state index in [2.05, 4.69) is 289 Å². The van der Waals surface area contributed by atoms with E-state index in [1.165, 1.54) is 76.0 Å². The molecule has 2 nitrogen and oxygen atoms in total. The zero-order chi connectivity index (χ0) is 47.5. The summed E-state index contributed by atoms with van der Waals surface area (Å²) in [6, 6.07) is 103. The van der Waals surface area contributed by atoms with E-state index in [0.717, 1.165) is 56.1 Å². The monoisotopic (exact) mass is 914 g/mol. The van der Waals surface area contributed by atoms with Crippen molar-refractivity contribution in [3.8, 4) is 50.2 Å². The maximum absolute atomic E-state index is 2.48. The number of hydrogen-bond donors (Lipinski definition) is 0. The number of nitrogens with zero attached hydrogens (tertiary/aromatic N) is 2. The van der Waals surface area contributed by atoms with Crippen molar-refractivity contribution in [3.63, 3.8) is 0 Å². The largest absolute Gasteiger partial charge is 0.310 e. The summed E-state index contributed by atoms with van der Waals surface area (Å²) in [5, 5.41) is 12.4. The Balaban J connectivity index is 1.02. The molecule has 14 rings (SSSR count). The number of aromatic nitrogens is 1. The van der Waals surface area contributed by atoms with Crippen LogP contribution >= 0.6 is 0 Å². The molecule has 0 spiro atoms. The fourth-order valence-corrected chi connectivity index (χ4v) is 11.5. The predicted molar refractivity (Wildman–Crippen MR) is 307 cm³/mol. The molecular weight excluding hydrogens is 869 g/mol. The summed E-state index contributed by atoms with van der Waals surface area (Å²) in [7, 11) is 0. The van der Waals surface area contributed by atoms with Gasteiger partial charge >= 0.3 is 0 Å². The summed E-state index contributed by atoms with van der Waals surface area (Å²) in [4.78, 5) is 2.48. The lowest BCUT2D eigenvalue weighted by molar-refractivity contribution is 1.18. The second-order valence-corrected chi connectivity index (χ2v) is 18.8. The van der Waals surface area contributed by atoms with E-state index in [0.29, 0.717) is 0 Å². The maximum Gasteiger partial charge on any atom is 0.0547 e. The molecule has 0 aliphatic heterocycles. The van der Waals surface area contributed by atoms with Crippen LogP contribution in [0.1, 0.15) is 0 Å². The van der Waals surface area contributed by atoms with Gasteiger partial charge in [-0.1, -0.05) is 224 Å². The zero-order valence-electron chi connectivity index (χ0n) is 39.5. The summed E-state index contributed by atoms with van der Waals surface area (Å²) in [6.45, 7) is 0. The van der Waals surface area contributed by atoms with E-state index in [-0.39, 0.29) is 0 Å². The molecule has 0 N–H and O–H groups in total. The Morgan fingerprint density at radius 2 is 0.833 bits per heavy atom. The van der Waals surface area contributed by atoms with Gasteiger partial charge in [-0.2, -0.15) is 0 Å². The molecule has 0 unspecified atom stereocenters. The van der Waals surface area contributed by atoms with Crippen LogP contribution in [0.5, 0.6) is 0 Å². The van der Waals surface area contributed by atoms with Crippen LogP contribution in [0.3, 0.4) is 0 Å². The number of rotatable bonds is 8. The molecular formula is C70H46N2. The summed E-state index contributed by atoms with van der Waals surface area (Å²) < 4.78 is 2.48. The third-order valence-electron chi connectivity index (χ3n) is 14.8. The highest BCUT2D eigenvalue weighted by molar-refractivity contribution is 6.22. The zero-order valence-corrected chi connectivity index (χ0v) is 39.5. The van der Waals surface area contributed by atoms with E-state index in [1.807, 2.05) is 0 Å². The number of fused-ring (bicyclic) bond motifs is 9. The molecule has 0 aliphatic carbocycles. The molecule has 0 atom stereocenters. The molecule has 0 saturated carbocycles. The third-order valence-corrected chi connectivity index (χ3v) is 14.8. The van der Waals surface area contributed by atoms with Gasteiger partial charge in [-0.15, -0.1) is 0 Å². The summed E-state index contributed by atoms with van der Waals surface area (Å²) >= 11 is 0. The highest BCUT2D eigenvalue weighted by atomic mass is 15.1. The molecule has 13 aromatic carbocycles. The number of hydrogen-bond acceptors (Lipinski definition) is 1. The van der Waals surface area contributed by atoms with E-state index in [9.17, 15) is 0 Å². The highest BCUT2D eigenvalue weighted by Gasteiger charge is 2.24. The SMILES string of the molecule is c1ccc(-c2cc(N(c3cccc(-c4cccc5ccccc45)c3)c3ccccc3-c3cc4ccccc4c4ccccc34)ccc2-c2ccccc2-n2c3ccccc3c3c4ccccc4ccc32)cc1. The molecule has 0 amide bonds. The van der Waals surface area contributed by atoms with Crippen molar-refractivity contribution >= 4 is 82.0 Å². The second kappa shape index (κ2) is 17.2. The van der Waals surface area contributed by atoms with Gasteiger partial charge in [-0.25, -0.2) is 0 Å². The minimum atomic E-state index is 1.06. The molecule has 2 heteroatoms. The van der Waals surface area contributed by atoms with Gasteiger partial charge in [0.2, 0.25) is 0 Å². The van der Waals surface area contributed by atoms with Gasteiger partial charge in [-0.3, -0.25) is 0 Å². The van der Waals surface area contributed by atoms with Gasteiger partial charge in [-0.05, 0) is 131 Å². The first-order valence-electron chi connectivity index (χ1n) is 24.8. The van der Waals surface area contributed by atoms with Crippen molar-refractivity contribution in [2.75, 3.05) is 4.90 Å². The normalized spacial score (nSPS) is 11.6. The summed E-state index contributed by atoms with van der Waals surface area (Å²) in [5.41, 5.74) is 16.1. The Morgan fingerprint density at radius 1 is 0.250 bits per heavy atom. The van der Waals surface area contributed by atoms with Crippen LogP contribution in [0.25, 0.3) is 115 Å². The van der Waals surface area contributed by atoms with Crippen molar-refractivity contribution in [2.24, 2.45) is 0 Å². The Labute approximate surface area is 418 Å². The topological polar surface area (TPSA) is 8.17 Å². The minimum absolute atomic E-state index is 1.06. The molecule has 72 heavy (non-hydrogen) atoms. The molecule has 14 aromatic rings. The molecule has 0 fully saturated rings. The van der Waals surface area contributed by atoms with Crippen LogP contribution in [0.15, 0.2) is 279 Å². The van der Waals surface area contributed by atoms with Crippen LogP contribution in [0.4, 0.5) is 17.1 Å². The van der Waals surface area contributed by atoms with Crippen molar-refractivity contribution in [2.45, 2.75) is 0 Å². The van der Waals surface area contributed by atoms with Crippen LogP contribution in [0, 0.1) is 0 Å². The lowest BCUT2D eigenvalue weighted by Gasteiger charge is -2.30. The van der Waals surface area contributed by atoms with Gasteiger partial charge in [0.1, 0.15) is 0 Å². The minimum Gasteiger partial charge on any atom is -0.310 e. The molecule has 0 saturated heterocycles. The predicted octanol–water partition coefficient (Wildman–Crippen LogP) is 19.5. The van der Waals surface area contributed by atoms with Crippen LogP contribution in [-0.4, -0.2) is 4.57 Å². The lowest BCUT2D eigenvalue weighted by atomic mass is 9.91. The summed E-state index contributed by atoms with van der Waals surface area (Å²) in [5.74, 6) is 0. The average Bonchev–Trinajstić information content (AvgIpc) is 3.80. The first-order chi connectivity index (χ1) is 35.7. The van der Waals surface area contributed by atoms with Crippen molar-refractivity contribution < 1.29 is 0 Å². The number of benzene rings is 13. The molecule has 0 bridgehead atoms. The van der Waals surface area contributed by atoms with E-state index in [4.69, 9.17) is 0 Å². The Morgan fingerprint density at radius 3 is 1.68 bits per heavy atom. The van der Waals surface area contributed by atoms with Crippen LogP contribution < -0.4 is 4.90 Å². The van der Waals surface area contributed by atoms with Gasteiger partial charge in [0.15, 0.2) is 0 Å². The average molecular weight is 915 g/mol. The number of anilines is 3. The first kappa shape index (κ1) is 41.5.